The molecule has 0 saturated carbocycles. The van der Waals surface area contributed by atoms with Crippen molar-refractivity contribution in [2.45, 2.75) is 12.2 Å². The number of hydrogen-bond donors (Lipinski definition) is 2. The molecule has 26 heavy (non-hydrogen) atoms. The quantitative estimate of drug-likeness (QED) is 0.653. The van der Waals surface area contributed by atoms with Crippen molar-refractivity contribution in [1.29, 1.82) is 0 Å². The fourth-order valence-electron chi connectivity index (χ4n) is 2.25. The Morgan fingerprint density at radius 3 is 2.27 bits per heavy atom. The summed E-state index contributed by atoms with van der Waals surface area (Å²) < 4.78 is 44.6. The van der Waals surface area contributed by atoms with Crippen molar-refractivity contribution in [3.05, 3.63) is 65.5 Å². The van der Waals surface area contributed by atoms with E-state index in [9.17, 15) is 17.6 Å². The summed E-state index contributed by atoms with van der Waals surface area (Å²) >= 11 is 0. The van der Waals surface area contributed by atoms with Crippen molar-refractivity contribution in [1.82, 2.24) is 5.32 Å². The molecule has 1 amide bonds. The molecule has 0 spiro atoms. The van der Waals surface area contributed by atoms with Gasteiger partial charge in [0.25, 0.3) is 0 Å². The predicted octanol–water partition coefficient (Wildman–Crippen LogP) is 2.07. The van der Waals surface area contributed by atoms with Gasteiger partial charge in [0.05, 0.1) is 18.8 Å². The fraction of sp³-hybridized carbons (Fsp3) is 0.278. The Kier molecular flexibility index (Phi) is 7.11. The van der Waals surface area contributed by atoms with Gasteiger partial charge < -0.3 is 10.1 Å². The van der Waals surface area contributed by atoms with Gasteiger partial charge in [-0.3, -0.25) is 9.52 Å². The largest absolute Gasteiger partial charge is 0.383 e. The van der Waals surface area contributed by atoms with Gasteiger partial charge in [-0.15, -0.1) is 0 Å². The number of methoxy groups -OCH3 is 1. The average molecular weight is 380 g/mol. The lowest BCUT2D eigenvalue weighted by Gasteiger charge is -2.09. The zero-order valence-electron chi connectivity index (χ0n) is 14.4. The maximum absolute atomic E-state index is 12.9. The number of ether oxygens (including phenoxy) is 1. The molecule has 6 nitrogen and oxygen atoms in total. The molecule has 0 radical (unpaired) electrons. The van der Waals surface area contributed by atoms with Gasteiger partial charge in [-0.25, -0.2) is 12.8 Å². The number of amides is 1. The highest BCUT2D eigenvalue weighted by Crippen LogP contribution is 2.15. The lowest BCUT2D eigenvalue weighted by Crippen LogP contribution is -2.28. The molecule has 0 saturated heterocycles. The van der Waals surface area contributed by atoms with Crippen LogP contribution in [0.4, 0.5) is 10.1 Å². The minimum atomic E-state index is -3.62. The first-order chi connectivity index (χ1) is 12.4. The molecule has 8 heteroatoms. The predicted molar refractivity (Wildman–Crippen MR) is 97.7 cm³/mol. The number of carbonyl (C=O) groups is 1. The summed E-state index contributed by atoms with van der Waals surface area (Å²) in [5.41, 5.74) is 1.65. The number of halogens is 1. The van der Waals surface area contributed by atoms with E-state index in [1.807, 2.05) is 0 Å². The first kappa shape index (κ1) is 19.9. The summed E-state index contributed by atoms with van der Waals surface area (Å²) in [5.74, 6) is -0.802. The fourth-order valence-corrected chi connectivity index (χ4v) is 3.45. The van der Waals surface area contributed by atoms with E-state index in [2.05, 4.69) is 10.0 Å². The lowest BCUT2D eigenvalue weighted by atomic mass is 10.1. The lowest BCUT2D eigenvalue weighted by molar-refractivity contribution is -0.120. The maximum Gasteiger partial charge on any atom is 0.236 e. The second kappa shape index (κ2) is 9.30. The molecule has 2 N–H and O–H groups in total. The van der Waals surface area contributed by atoms with Crippen molar-refractivity contribution >= 4 is 21.6 Å². The highest BCUT2D eigenvalue weighted by molar-refractivity contribution is 7.91. The minimum absolute atomic E-state index is 0.133. The summed E-state index contributed by atoms with van der Waals surface area (Å²) in [4.78, 5) is 11.7. The Balaban J connectivity index is 1.91. The smallest absolute Gasteiger partial charge is 0.236 e. The number of nitrogens with one attached hydrogen (secondary N) is 2. The monoisotopic (exact) mass is 380 g/mol. The Morgan fingerprint density at radius 1 is 1.04 bits per heavy atom. The van der Waals surface area contributed by atoms with Crippen LogP contribution in [-0.4, -0.2) is 34.6 Å². The van der Waals surface area contributed by atoms with E-state index in [0.29, 0.717) is 24.4 Å². The van der Waals surface area contributed by atoms with Crippen molar-refractivity contribution in [2.24, 2.45) is 0 Å². The van der Waals surface area contributed by atoms with E-state index in [1.165, 1.54) is 24.3 Å². The Morgan fingerprint density at radius 2 is 1.65 bits per heavy atom. The van der Waals surface area contributed by atoms with Gasteiger partial charge in [0.15, 0.2) is 0 Å². The molecule has 0 atom stereocenters. The number of sulfonamides is 1. The summed E-state index contributed by atoms with van der Waals surface area (Å²) in [6, 6.07) is 11.9. The van der Waals surface area contributed by atoms with Gasteiger partial charge >= 0.3 is 0 Å². The molecule has 0 unspecified atom stereocenters. The Labute approximate surface area is 152 Å². The zero-order valence-corrected chi connectivity index (χ0v) is 15.2. The van der Waals surface area contributed by atoms with Crippen molar-refractivity contribution < 1.29 is 22.3 Å². The second-order valence-electron chi connectivity index (χ2n) is 5.70. The van der Waals surface area contributed by atoms with Gasteiger partial charge in [-0.1, -0.05) is 24.3 Å². The van der Waals surface area contributed by atoms with E-state index in [1.54, 1.807) is 31.4 Å². The minimum Gasteiger partial charge on any atom is -0.383 e. The molecular formula is C18H21FN2O4S. The van der Waals surface area contributed by atoms with E-state index < -0.39 is 15.8 Å². The summed E-state index contributed by atoms with van der Waals surface area (Å²) in [5, 5.41) is 2.71. The summed E-state index contributed by atoms with van der Waals surface area (Å²) in [7, 11) is -2.06. The normalized spacial score (nSPS) is 11.2. The Bertz CT molecular complexity index is 821. The molecule has 0 aromatic heterocycles. The van der Waals surface area contributed by atoms with Gasteiger partial charge in [-0.2, -0.15) is 0 Å². The molecule has 0 bridgehead atoms. The first-order valence-electron chi connectivity index (χ1n) is 7.97. The van der Waals surface area contributed by atoms with E-state index >= 15 is 0 Å². The van der Waals surface area contributed by atoms with Gasteiger partial charge in [0.1, 0.15) is 5.82 Å². The molecule has 2 rings (SSSR count). The Hall–Kier alpha value is -2.45. The first-order valence-corrected chi connectivity index (χ1v) is 9.63. The second-order valence-corrected chi connectivity index (χ2v) is 7.43. The third kappa shape index (κ3) is 6.81. The van der Waals surface area contributed by atoms with Crippen LogP contribution < -0.4 is 10.0 Å². The van der Waals surface area contributed by atoms with Crippen LogP contribution in [-0.2, 0) is 31.7 Å². The summed E-state index contributed by atoms with van der Waals surface area (Å²) in [6.45, 7) is 0.886. The SMILES string of the molecule is COCCNC(=O)Cc1ccc(NS(=O)(=O)Cc2ccc(F)cc2)cc1. The third-order valence-electron chi connectivity index (χ3n) is 3.49. The zero-order chi connectivity index (χ0) is 19.0. The average Bonchev–Trinajstić information content (AvgIpc) is 2.58. The topological polar surface area (TPSA) is 84.5 Å². The van der Waals surface area contributed by atoms with Crippen LogP contribution in [0, 0.1) is 5.82 Å². The third-order valence-corrected chi connectivity index (χ3v) is 4.75. The van der Waals surface area contributed by atoms with E-state index in [4.69, 9.17) is 4.74 Å². The van der Waals surface area contributed by atoms with Crippen LogP contribution in [0.1, 0.15) is 11.1 Å². The number of anilines is 1. The van der Waals surface area contributed by atoms with Gasteiger partial charge in [0, 0.05) is 19.3 Å². The number of hydrogen-bond acceptors (Lipinski definition) is 4. The number of rotatable bonds is 9. The summed E-state index contributed by atoms with van der Waals surface area (Å²) in [6.07, 6.45) is 0.201. The highest BCUT2D eigenvalue weighted by Gasteiger charge is 2.12. The maximum atomic E-state index is 12.9. The number of carbonyl (C=O) groups excluding carboxylic acids is 1. The van der Waals surface area contributed by atoms with Crippen LogP contribution in [0.2, 0.25) is 0 Å². The molecule has 2 aromatic rings. The molecule has 0 fully saturated rings. The molecular weight excluding hydrogens is 359 g/mol. The number of benzene rings is 2. The molecule has 0 heterocycles. The standard InChI is InChI=1S/C18H21FN2O4S/c1-25-11-10-20-18(22)12-14-4-8-17(9-5-14)21-26(23,24)13-15-2-6-16(19)7-3-15/h2-9,21H,10-13H2,1H3,(H,20,22). The van der Waals surface area contributed by atoms with Crippen molar-refractivity contribution in [2.75, 3.05) is 25.0 Å². The van der Waals surface area contributed by atoms with Crippen molar-refractivity contribution in [3.63, 3.8) is 0 Å². The van der Waals surface area contributed by atoms with Crippen LogP contribution in [0.5, 0.6) is 0 Å². The van der Waals surface area contributed by atoms with Crippen molar-refractivity contribution in [3.8, 4) is 0 Å². The van der Waals surface area contributed by atoms with Crippen LogP contribution in [0.15, 0.2) is 48.5 Å². The highest BCUT2D eigenvalue weighted by atomic mass is 32.2. The van der Waals surface area contributed by atoms with Crippen LogP contribution >= 0.6 is 0 Å². The van der Waals surface area contributed by atoms with Gasteiger partial charge in [0.2, 0.25) is 15.9 Å². The van der Waals surface area contributed by atoms with Gasteiger partial charge in [-0.05, 0) is 35.4 Å². The van der Waals surface area contributed by atoms with Crippen LogP contribution in [0.3, 0.4) is 0 Å². The van der Waals surface area contributed by atoms with E-state index in [0.717, 1.165) is 5.56 Å². The molecule has 0 aliphatic carbocycles. The molecule has 2 aromatic carbocycles. The van der Waals surface area contributed by atoms with Crippen LogP contribution in [0.25, 0.3) is 0 Å². The molecule has 0 aliphatic rings. The molecule has 0 aliphatic heterocycles. The molecule has 140 valence electrons. The van der Waals surface area contributed by atoms with E-state index in [-0.39, 0.29) is 18.1 Å².